The van der Waals surface area contributed by atoms with E-state index in [-0.39, 0.29) is 12.1 Å². The molecule has 1 aliphatic carbocycles. The van der Waals surface area contributed by atoms with E-state index < -0.39 is 0 Å². The van der Waals surface area contributed by atoms with Crippen LogP contribution in [0.15, 0.2) is 91.0 Å². The number of aliphatic hydroxyl groups excluding tert-OH is 1. The Hall–Kier alpha value is -2.42. The van der Waals surface area contributed by atoms with Crippen LogP contribution in [-0.2, 0) is 13.1 Å². The molecule has 4 rings (SSSR count). The molecule has 1 N–H and O–H groups in total. The van der Waals surface area contributed by atoms with Gasteiger partial charge in [0.1, 0.15) is 0 Å². The molecule has 3 aromatic rings. The van der Waals surface area contributed by atoms with Crippen LogP contribution in [0.1, 0.15) is 35.4 Å². The monoisotopic (exact) mass is 357 g/mol. The van der Waals surface area contributed by atoms with E-state index in [0.29, 0.717) is 5.92 Å². The molecule has 1 aliphatic rings. The van der Waals surface area contributed by atoms with Gasteiger partial charge in [-0.05, 0) is 29.5 Å². The first kappa shape index (κ1) is 18.0. The number of rotatable bonds is 8. The lowest BCUT2D eigenvalue weighted by atomic mass is 10.00. The van der Waals surface area contributed by atoms with Gasteiger partial charge in [0, 0.05) is 31.2 Å². The summed E-state index contributed by atoms with van der Waals surface area (Å²) in [5.41, 5.74) is 4.06. The first-order valence-corrected chi connectivity index (χ1v) is 9.80. The number of aliphatic hydroxyl groups is 1. The predicted molar refractivity (Wildman–Crippen MR) is 110 cm³/mol. The van der Waals surface area contributed by atoms with Gasteiger partial charge in [-0.1, -0.05) is 91.0 Å². The Morgan fingerprint density at radius 3 is 1.70 bits per heavy atom. The quantitative estimate of drug-likeness (QED) is 0.613. The van der Waals surface area contributed by atoms with E-state index >= 15 is 0 Å². The van der Waals surface area contributed by atoms with Crippen molar-refractivity contribution >= 4 is 0 Å². The third kappa shape index (κ3) is 3.97. The Kier molecular flexibility index (Phi) is 5.38. The number of hydrogen-bond acceptors (Lipinski definition) is 2. The molecule has 2 nitrogen and oxygen atoms in total. The summed E-state index contributed by atoms with van der Waals surface area (Å²) in [6.45, 7) is 2.03. The average molecular weight is 357 g/mol. The summed E-state index contributed by atoms with van der Waals surface area (Å²) in [5.74, 6) is 0.485. The van der Waals surface area contributed by atoms with E-state index in [1.54, 1.807) is 0 Å². The van der Waals surface area contributed by atoms with E-state index in [0.717, 1.165) is 25.9 Å². The van der Waals surface area contributed by atoms with Crippen molar-refractivity contribution in [3.05, 3.63) is 108 Å². The SMILES string of the molecule is OCC[C@@]1(N(Cc2ccccc2)Cc2ccccc2)C[C@H]1c1ccccc1. The molecule has 0 aliphatic heterocycles. The van der Waals surface area contributed by atoms with Gasteiger partial charge in [0.05, 0.1) is 0 Å². The van der Waals surface area contributed by atoms with Crippen LogP contribution in [0.4, 0.5) is 0 Å². The molecule has 1 fully saturated rings. The molecule has 2 heteroatoms. The first-order chi connectivity index (χ1) is 13.3. The van der Waals surface area contributed by atoms with Crippen LogP contribution in [-0.4, -0.2) is 22.2 Å². The minimum Gasteiger partial charge on any atom is -0.396 e. The maximum atomic E-state index is 9.86. The molecule has 138 valence electrons. The third-order valence-corrected chi connectivity index (χ3v) is 5.86. The van der Waals surface area contributed by atoms with Crippen LogP contribution >= 0.6 is 0 Å². The summed E-state index contributed by atoms with van der Waals surface area (Å²) in [6, 6.07) is 32.1. The van der Waals surface area contributed by atoms with Crippen molar-refractivity contribution in [2.24, 2.45) is 0 Å². The lowest BCUT2D eigenvalue weighted by Gasteiger charge is -2.33. The van der Waals surface area contributed by atoms with Gasteiger partial charge < -0.3 is 5.11 Å². The van der Waals surface area contributed by atoms with Gasteiger partial charge in [0.15, 0.2) is 0 Å². The molecule has 0 saturated heterocycles. The highest BCUT2D eigenvalue weighted by Crippen LogP contribution is 2.58. The minimum atomic E-state index is 0.0295. The largest absolute Gasteiger partial charge is 0.396 e. The van der Waals surface area contributed by atoms with Gasteiger partial charge in [-0.15, -0.1) is 0 Å². The summed E-state index contributed by atoms with van der Waals surface area (Å²) >= 11 is 0. The number of benzene rings is 3. The summed E-state index contributed by atoms with van der Waals surface area (Å²) in [4.78, 5) is 2.59. The van der Waals surface area contributed by atoms with Crippen molar-refractivity contribution in [2.75, 3.05) is 6.61 Å². The summed E-state index contributed by atoms with van der Waals surface area (Å²) in [5, 5.41) is 9.86. The van der Waals surface area contributed by atoms with Crippen molar-refractivity contribution in [1.29, 1.82) is 0 Å². The van der Waals surface area contributed by atoms with Gasteiger partial charge >= 0.3 is 0 Å². The Morgan fingerprint density at radius 1 is 0.741 bits per heavy atom. The summed E-state index contributed by atoms with van der Waals surface area (Å²) < 4.78 is 0. The molecule has 2 atom stereocenters. The molecule has 0 amide bonds. The predicted octanol–water partition coefficient (Wildman–Crippen LogP) is 5.00. The Labute approximate surface area is 162 Å². The average Bonchev–Trinajstić information content (AvgIpc) is 3.45. The van der Waals surface area contributed by atoms with Crippen LogP contribution in [0.2, 0.25) is 0 Å². The van der Waals surface area contributed by atoms with Crippen molar-refractivity contribution < 1.29 is 5.11 Å². The normalized spacial score (nSPS) is 21.3. The van der Waals surface area contributed by atoms with Gasteiger partial charge in [0.2, 0.25) is 0 Å². The van der Waals surface area contributed by atoms with E-state index in [4.69, 9.17) is 0 Å². The fourth-order valence-corrected chi connectivity index (χ4v) is 4.36. The summed E-state index contributed by atoms with van der Waals surface area (Å²) in [7, 11) is 0. The maximum absolute atomic E-state index is 9.86. The Bertz CT molecular complexity index is 792. The Morgan fingerprint density at radius 2 is 1.22 bits per heavy atom. The maximum Gasteiger partial charge on any atom is 0.0448 e. The van der Waals surface area contributed by atoms with Crippen LogP contribution < -0.4 is 0 Å². The van der Waals surface area contributed by atoms with Gasteiger partial charge in [-0.2, -0.15) is 0 Å². The molecular weight excluding hydrogens is 330 g/mol. The zero-order valence-corrected chi connectivity index (χ0v) is 15.7. The lowest BCUT2D eigenvalue weighted by Crippen LogP contribution is -2.38. The molecule has 1 saturated carbocycles. The van der Waals surface area contributed by atoms with Crippen molar-refractivity contribution in [2.45, 2.75) is 37.4 Å². The van der Waals surface area contributed by atoms with E-state index in [2.05, 4.69) is 95.9 Å². The molecule has 0 spiro atoms. The van der Waals surface area contributed by atoms with Crippen LogP contribution in [0.5, 0.6) is 0 Å². The van der Waals surface area contributed by atoms with Gasteiger partial charge in [-0.3, -0.25) is 4.90 Å². The van der Waals surface area contributed by atoms with Crippen LogP contribution in [0.3, 0.4) is 0 Å². The second kappa shape index (κ2) is 8.08. The molecule has 0 heterocycles. The lowest BCUT2D eigenvalue weighted by molar-refractivity contribution is 0.119. The van der Waals surface area contributed by atoms with Crippen molar-refractivity contribution in [1.82, 2.24) is 4.90 Å². The Balaban J connectivity index is 1.65. The van der Waals surface area contributed by atoms with Gasteiger partial charge in [0.25, 0.3) is 0 Å². The second-order valence-electron chi connectivity index (χ2n) is 7.57. The summed E-state index contributed by atoms with van der Waals surface area (Å²) in [6.07, 6.45) is 1.92. The molecule has 0 radical (unpaired) electrons. The molecular formula is C25H27NO. The number of hydrogen-bond donors (Lipinski definition) is 1. The van der Waals surface area contributed by atoms with Crippen LogP contribution in [0.25, 0.3) is 0 Å². The minimum absolute atomic E-state index is 0.0295. The molecule has 0 aromatic heterocycles. The third-order valence-electron chi connectivity index (χ3n) is 5.86. The van der Waals surface area contributed by atoms with Crippen molar-refractivity contribution in [3.63, 3.8) is 0 Å². The van der Waals surface area contributed by atoms with E-state index in [1.165, 1.54) is 16.7 Å². The van der Waals surface area contributed by atoms with Crippen LogP contribution in [0, 0.1) is 0 Å². The van der Waals surface area contributed by atoms with E-state index in [1.807, 2.05) is 0 Å². The molecule has 27 heavy (non-hydrogen) atoms. The van der Waals surface area contributed by atoms with Gasteiger partial charge in [-0.25, -0.2) is 0 Å². The highest BCUT2D eigenvalue weighted by atomic mass is 16.3. The number of nitrogens with zero attached hydrogens (tertiary/aromatic N) is 1. The molecule has 0 bridgehead atoms. The molecule has 3 aromatic carbocycles. The van der Waals surface area contributed by atoms with E-state index in [9.17, 15) is 5.11 Å². The fraction of sp³-hybridized carbons (Fsp3) is 0.280. The first-order valence-electron chi connectivity index (χ1n) is 9.80. The fourth-order valence-electron chi connectivity index (χ4n) is 4.36. The standard InChI is InChI=1S/C25H27NO/c27-17-16-25(18-24(25)23-14-8-3-9-15-23)26(19-21-10-4-1-5-11-21)20-22-12-6-2-7-13-22/h1-15,24,27H,16-20H2/t24-,25+/m0/s1. The molecule has 0 unspecified atom stereocenters. The highest BCUT2D eigenvalue weighted by molar-refractivity contribution is 5.34. The highest BCUT2D eigenvalue weighted by Gasteiger charge is 2.57. The topological polar surface area (TPSA) is 23.5 Å². The zero-order chi connectivity index (χ0) is 18.5. The van der Waals surface area contributed by atoms with Crippen molar-refractivity contribution in [3.8, 4) is 0 Å². The smallest absolute Gasteiger partial charge is 0.0448 e. The second-order valence-corrected chi connectivity index (χ2v) is 7.57. The zero-order valence-electron chi connectivity index (χ0n) is 15.7.